The Morgan fingerprint density at radius 2 is 0.900 bits per heavy atom. The molecule has 0 aromatic heterocycles. The van der Waals surface area contributed by atoms with Crippen molar-refractivity contribution in [2.75, 3.05) is 28.4 Å². The first-order valence-corrected chi connectivity index (χ1v) is 4.08. The lowest BCUT2D eigenvalue weighted by Crippen LogP contribution is -2.45. The van der Waals surface area contributed by atoms with Crippen LogP contribution < -0.4 is 0 Å². The standard InChI is InChI=1S/C4H12O4Si.H4Si/c1-5-9(6-2,7-3)8-4;/h1-4H3;1H4. The van der Waals surface area contributed by atoms with E-state index in [1.54, 1.807) is 0 Å². The van der Waals surface area contributed by atoms with E-state index in [2.05, 4.69) is 0 Å². The van der Waals surface area contributed by atoms with Crippen LogP contribution in [0.1, 0.15) is 0 Å². The maximum Gasteiger partial charge on any atom is 0.678 e. The molecule has 0 saturated carbocycles. The molecule has 0 unspecified atom stereocenters. The lowest BCUT2D eigenvalue weighted by Gasteiger charge is -2.19. The van der Waals surface area contributed by atoms with Gasteiger partial charge in [-0.3, -0.25) is 0 Å². The molecule has 10 heavy (non-hydrogen) atoms. The first-order valence-electron chi connectivity index (χ1n) is 2.45. The third-order valence-electron chi connectivity index (χ3n) is 1.00. The van der Waals surface area contributed by atoms with Crippen molar-refractivity contribution in [2.45, 2.75) is 0 Å². The Balaban J connectivity index is 0. The SMILES string of the molecule is CO[Si](OC)(OC)OC.[SiH4]. The third kappa shape index (κ3) is 2.91. The number of hydrogen-bond donors (Lipinski definition) is 0. The van der Waals surface area contributed by atoms with E-state index in [4.69, 9.17) is 17.7 Å². The van der Waals surface area contributed by atoms with Crippen LogP contribution in [0.3, 0.4) is 0 Å². The molecule has 0 aromatic rings. The van der Waals surface area contributed by atoms with Gasteiger partial charge in [-0.1, -0.05) is 0 Å². The summed E-state index contributed by atoms with van der Waals surface area (Å²) in [5.41, 5.74) is 0. The van der Waals surface area contributed by atoms with Gasteiger partial charge < -0.3 is 17.7 Å². The zero-order valence-electron chi connectivity index (χ0n) is 6.13. The molecule has 0 N–H and O–H groups in total. The fraction of sp³-hybridized carbons (Fsp3) is 1.00. The zero-order valence-corrected chi connectivity index (χ0v) is 7.13. The van der Waals surface area contributed by atoms with Gasteiger partial charge in [0, 0.05) is 28.4 Å². The lowest BCUT2D eigenvalue weighted by atomic mass is 11.8. The summed E-state index contributed by atoms with van der Waals surface area (Å²) in [4.78, 5) is 0. The summed E-state index contributed by atoms with van der Waals surface area (Å²) in [6.07, 6.45) is 0. The molecule has 6 heteroatoms. The van der Waals surface area contributed by atoms with Gasteiger partial charge in [0.2, 0.25) is 0 Å². The van der Waals surface area contributed by atoms with Crippen molar-refractivity contribution in [3.8, 4) is 0 Å². The molecule has 0 rings (SSSR count). The van der Waals surface area contributed by atoms with Gasteiger partial charge in [0.25, 0.3) is 0 Å². The maximum absolute atomic E-state index is 4.86. The summed E-state index contributed by atoms with van der Waals surface area (Å²) in [5, 5.41) is 0. The molecule has 0 aliphatic rings. The van der Waals surface area contributed by atoms with Gasteiger partial charge in [0.1, 0.15) is 0 Å². The fourth-order valence-electron chi connectivity index (χ4n) is 0.500. The van der Waals surface area contributed by atoms with Crippen molar-refractivity contribution in [1.29, 1.82) is 0 Å². The molecule has 0 saturated heterocycles. The molecule has 0 fully saturated rings. The Kier molecular flexibility index (Phi) is 7.76. The smallest absolute Gasteiger partial charge is 0.355 e. The Hall–Kier alpha value is 0.274. The van der Waals surface area contributed by atoms with Crippen LogP contribution in [-0.2, 0) is 17.7 Å². The van der Waals surface area contributed by atoms with Crippen molar-refractivity contribution >= 4 is 20.0 Å². The fourth-order valence-corrected chi connectivity index (χ4v) is 1.50. The number of rotatable bonds is 4. The highest BCUT2D eigenvalue weighted by atomic mass is 28.4. The predicted octanol–water partition coefficient (Wildman–Crippen LogP) is -1.44. The van der Waals surface area contributed by atoms with Crippen molar-refractivity contribution in [1.82, 2.24) is 0 Å². The van der Waals surface area contributed by atoms with Gasteiger partial charge >= 0.3 is 9.05 Å². The van der Waals surface area contributed by atoms with Gasteiger partial charge in [-0.25, -0.2) is 0 Å². The normalized spacial score (nSPS) is 10.8. The van der Waals surface area contributed by atoms with Gasteiger partial charge in [0.05, 0.1) is 0 Å². The van der Waals surface area contributed by atoms with Crippen LogP contribution in [-0.4, -0.2) is 48.5 Å². The van der Waals surface area contributed by atoms with E-state index in [0.717, 1.165) is 0 Å². The first-order chi connectivity index (χ1) is 4.24. The van der Waals surface area contributed by atoms with E-state index in [9.17, 15) is 0 Å². The van der Waals surface area contributed by atoms with E-state index in [-0.39, 0.29) is 11.0 Å². The average molecular weight is 184 g/mol. The molecule has 4 nitrogen and oxygen atoms in total. The monoisotopic (exact) mass is 184 g/mol. The second-order valence-electron chi connectivity index (χ2n) is 1.32. The molecular weight excluding hydrogens is 168 g/mol. The summed E-state index contributed by atoms with van der Waals surface area (Å²) in [6.45, 7) is 0. The minimum atomic E-state index is -2.69. The molecule has 0 aliphatic carbocycles. The van der Waals surface area contributed by atoms with E-state index in [1.165, 1.54) is 28.4 Å². The van der Waals surface area contributed by atoms with Crippen LogP contribution >= 0.6 is 0 Å². The van der Waals surface area contributed by atoms with Gasteiger partial charge in [-0.15, -0.1) is 0 Å². The highest BCUT2D eigenvalue weighted by molar-refractivity contribution is 6.53. The quantitative estimate of drug-likeness (QED) is 0.501. The van der Waals surface area contributed by atoms with Crippen molar-refractivity contribution in [3.05, 3.63) is 0 Å². The number of hydrogen-bond acceptors (Lipinski definition) is 4. The van der Waals surface area contributed by atoms with Crippen molar-refractivity contribution in [2.24, 2.45) is 0 Å². The molecule has 0 bridgehead atoms. The van der Waals surface area contributed by atoms with E-state index >= 15 is 0 Å². The van der Waals surface area contributed by atoms with Gasteiger partial charge in [-0.05, 0) is 11.0 Å². The summed E-state index contributed by atoms with van der Waals surface area (Å²) >= 11 is 0. The second-order valence-corrected chi connectivity index (χ2v) is 3.95. The highest BCUT2D eigenvalue weighted by Crippen LogP contribution is 2.04. The minimum absolute atomic E-state index is 0. The van der Waals surface area contributed by atoms with Crippen LogP contribution in [0.25, 0.3) is 0 Å². The maximum atomic E-state index is 4.86. The molecule has 0 heterocycles. The third-order valence-corrected chi connectivity index (χ3v) is 3.00. The lowest BCUT2D eigenvalue weighted by molar-refractivity contribution is 0.0226. The van der Waals surface area contributed by atoms with E-state index in [1.807, 2.05) is 0 Å². The van der Waals surface area contributed by atoms with Crippen LogP contribution in [0.4, 0.5) is 0 Å². The Bertz CT molecular complexity index is 58.1. The molecular formula is C4H16O4Si2. The van der Waals surface area contributed by atoms with Crippen molar-refractivity contribution < 1.29 is 17.7 Å². The van der Waals surface area contributed by atoms with Crippen LogP contribution in [0.15, 0.2) is 0 Å². The Morgan fingerprint density at radius 1 is 0.700 bits per heavy atom. The zero-order chi connectivity index (χ0) is 7.33. The largest absolute Gasteiger partial charge is 0.678 e. The molecule has 0 atom stereocenters. The highest BCUT2D eigenvalue weighted by Gasteiger charge is 2.40. The molecule has 0 radical (unpaired) electrons. The molecule has 0 spiro atoms. The molecule has 0 aromatic carbocycles. The van der Waals surface area contributed by atoms with Gasteiger partial charge in [0.15, 0.2) is 0 Å². The molecule has 0 aliphatic heterocycles. The van der Waals surface area contributed by atoms with E-state index < -0.39 is 9.05 Å². The van der Waals surface area contributed by atoms with Crippen molar-refractivity contribution in [3.63, 3.8) is 0 Å². The summed E-state index contributed by atoms with van der Waals surface area (Å²) in [5.74, 6) is 0. The summed E-state index contributed by atoms with van der Waals surface area (Å²) in [6, 6.07) is 0. The molecule has 64 valence electrons. The average Bonchev–Trinajstić information content (AvgIpc) is 1.95. The predicted molar refractivity (Wildman–Crippen MR) is 45.1 cm³/mol. The summed E-state index contributed by atoms with van der Waals surface area (Å²) < 4.78 is 19.4. The Labute approximate surface area is 66.9 Å². The van der Waals surface area contributed by atoms with Crippen LogP contribution in [0, 0.1) is 0 Å². The minimum Gasteiger partial charge on any atom is -0.355 e. The Morgan fingerprint density at radius 3 is 0.900 bits per heavy atom. The molecule has 0 amide bonds. The topological polar surface area (TPSA) is 36.9 Å². The van der Waals surface area contributed by atoms with Crippen LogP contribution in [0.2, 0.25) is 0 Å². The first kappa shape index (κ1) is 12.9. The van der Waals surface area contributed by atoms with Gasteiger partial charge in [-0.2, -0.15) is 0 Å². The second kappa shape index (κ2) is 6.01. The summed E-state index contributed by atoms with van der Waals surface area (Å²) in [7, 11) is 3.26. The van der Waals surface area contributed by atoms with E-state index in [0.29, 0.717) is 0 Å². The van der Waals surface area contributed by atoms with Crippen LogP contribution in [0.5, 0.6) is 0 Å².